The van der Waals surface area contributed by atoms with Gasteiger partial charge in [-0.15, -0.1) is 0 Å². The lowest BCUT2D eigenvalue weighted by Gasteiger charge is -2.29. The third kappa shape index (κ3) is 5.47. The van der Waals surface area contributed by atoms with Crippen LogP contribution in [0.15, 0.2) is 30.6 Å². The maximum Gasteiger partial charge on any atom is 0.271 e. The molecular weight excluding hydrogens is 380 g/mol. The molecule has 0 atom stereocenters. The van der Waals surface area contributed by atoms with E-state index in [-0.39, 0.29) is 24.0 Å². The Morgan fingerprint density at radius 3 is 2.60 bits per heavy atom. The SMILES string of the molecule is CCOc1cc(OC2CCC(NC(=O)c3cnc(C(C)C)cn3)CC2)ccc1C#N. The van der Waals surface area contributed by atoms with E-state index in [0.29, 0.717) is 29.4 Å². The third-order valence-electron chi connectivity index (χ3n) is 5.18. The maximum absolute atomic E-state index is 12.4. The number of benzene rings is 1. The van der Waals surface area contributed by atoms with Crippen LogP contribution in [-0.4, -0.2) is 34.6 Å². The summed E-state index contributed by atoms with van der Waals surface area (Å²) in [6, 6.07) is 7.52. The maximum atomic E-state index is 12.4. The number of carbonyl (C=O) groups excluding carboxylic acids is 1. The Labute approximate surface area is 177 Å². The van der Waals surface area contributed by atoms with Gasteiger partial charge in [0.1, 0.15) is 23.3 Å². The highest BCUT2D eigenvalue weighted by atomic mass is 16.5. The summed E-state index contributed by atoms with van der Waals surface area (Å²) >= 11 is 0. The molecule has 0 radical (unpaired) electrons. The van der Waals surface area contributed by atoms with Gasteiger partial charge in [0.25, 0.3) is 5.91 Å². The van der Waals surface area contributed by atoms with Crippen molar-refractivity contribution in [2.75, 3.05) is 6.61 Å². The van der Waals surface area contributed by atoms with Crippen LogP contribution < -0.4 is 14.8 Å². The standard InChI is InChI=1S/C23H28N4O3/c1-4-29-22-11-19(8-5-16(22)12-24)30-18-9-6-17(7-10-18)27-23(28)21-14-25-20(13-26-21)15(2)3/h5,8,11,13-15,17-18H,4,6-7,9-10H2,1-3H3,(H,27,28). The van der Waals surface area contributed by atoms with Gasteiger partial charge in [0.15, 0.2) is 0 Å². The zero-order valence-corrected chi connectivity index (χ0v) is 17.7. The van der Waals surface area contributed by atoms with Crippen molar-refractivity contribution in [1.82, 2.24) is 15.3 Å². The highest BCUT2D eigenvalue weighted by Gasteiger charge is 2.24. The van der Waals surface area contributed by atoms with Crippen LogP contribution in [0.1, 0.15) is 74.1 Å². The molecule has 1 N–H and O–H groups in total. The van der Waals surface area contributed by atoms with Crippen molar-refractivity contribution in [3.05, 3.63) is 47.5 Å². The molecule has 1 aliphatic rings. The van der Waals surface area contributed by atoms with Gasteiger partial charge in [0.05, 0.1) is 30.2 Å². The number of nitriles is 1. The zero-order chi connectivity index (χ0) is 21.5. The van der Waals surface area contributed by atoms with E-state index in [9.17, 15) is 4.79 Å². The molecule has 1 saturated carbocycles. The molecule has 2 aromatic rings. The number of ether oxygens (including phenoxy) is 2. The van der Waals surface area contributed by atoms with Gasteiger partial charge >= 0.3 is 0 Å². The van der Waals surface area contributed by atoms with Gasteiger partial charge in [-0.3, -0.25) is 9.78 Å². The van der Waals surface area contributed by atoms with E-state index in [1.165, 1.54) is 0 Å². The molecule has 1 amide bonds. The Kier molecular flexibility index (Phi) is 7.23. The first-order chi connectivity index (χ1) is 14.5. The highest BCUT2D eigenvalue weighted by Crippen LogP contribution is 2.28. The largest absolute Gasteiger partial charge is 0.492 e. The Bertz CT molecular complexity index is 898. The summed E-state index contributed by atoms with van der Waals surface area (Å²) < 4.78 is 11.6. The second kappa shape index (κ2) is 10.1. The topological polar surface area (TPSA) is 97.1 Å². The van der Waals surface area contributed by atoms with Crippen LogP contribution in [0.2, 0.25) is 0 Å². The number of carbonyl (C=O) groups is 1. The molecule has 0 saturated heterocycles. The van der Waals surface area contributed by atoms with Crippen LogP contribution in [0.25, 0.3) is 0 Å². The van der Waals surface area contributed by atoms with Gasteiger partial charge in [-0.05, 0) is 50.7 Å². The molecule has 30 heavy (non-hydrogen) atoms. The average Bonchev–Trinajstić information content (AvgIpc) is 2.75. The summed E-state index contributed by atoms with van der Waals surface area (Å²) in [5.41, 5.74) is 1.72. The van der Waals surface area contributed by atoms with Crippen LogP contribution in [0.4, 0.5) is 0 Å². The molecular formula is C23H28N4O3. The first-order valence-corrected chi connectivity index (χ1v) is 10.5. The average molecular weight is 409 g/mol. The fraction of sp³-hybridized carbons (Fsp3) is 0.478. The van der Waals surface area contributed by atoms with Crippen LogP contribution in [-0.2, 0) is 0 Å². The van der Waals surface area contributed by atoms with Crippen LogP contribution in [0.3, 0.4) is 0 Å². The fourth-order valence-corrected chi connectivity index (χ4v) is 3.47. The first kappa shape index (κ1) is 21.6. The molecule has 3 rings (SSSR count). The fourth-order valence-electron chi connectivity index (χ4n) is 3.47. The van der Waals surface area contributed by atoms with Crippen molar-refractivity contribution >= 4 is 5.91 Å². The highest BCUT2D eigenvalue weighted by molar-refractivity contribution is 5.92. The molecule has 1 aromatic heterocycles. The molecule has 1 heterocycles. The predicted octanol–water partition coefficient (Wildman–Crippen LogP) is 3.99. The smallest absolute Gasteiger partial charge is 0.271 e. The third-order valence-corrected chi connectivity index (χ3v) is 5.18. The van der Waals surface area contributed by atoms with Crippen molar-refractivity contribution in [1.29, 1.82) is 5.26 Å². The normalized spacial score (nSPS) is 18.5. The lowest BCUT2D eigenvalue weighted by atomic mass is 9.93. The number of nitrogens with zero attached hydrogens (tertiary/aromatic N) is 3. The monoisotopic (exact) mass is 408 g/mol. The second-order valence-electron chi connectivity index (χ2n) is 7.75. The van der Waals surface area contributed by atoms with Gasteiger partial charge in [-0.1, -0.05) is 13.8 Å². The second-order valence-corrected chi connectivity index (χ2v) is 7.75. The molecule has 0 aliphatic heterocycles. The molecule has 1 aromatic carbocycles. The van der Waals surface area contributed by atoms with Crippen LogP contribution in [0.5, 0.6) is 11.5 Å². The van der Waals surface area contributed by atoms with Gasteiger partial charge in [0, 0.05) is 18.3 Å². The minimum atomic E-state index is -0.185. The number of rotatable bonds is 7. The van der Waals surface area contributed by atoms with E-state index < -0.39 is 0 Å². The summed E-state index contributed by atoms with van der Waals surface area (Å²) in [6.45, 7) is 6.46. The van der Waals surface area contributed by atoms with Gasteiger partial charge in [-0.25, -0.2) is 4.98 Å². The summed E-state index contributed by atoms with van der Waals surface area (Å²) in [5.74, 6) is 1.34. The molecule has 158 valence electrons. The van der Waals surface area contributed by atoms with E-state index >= 15 is 0 Å². The first-order valence-electron chi connectivity index (χ1n) is 10.5. The summed E-state index contributed by atoms with van der Waals surface area (Å²) in [7, 11) is 0. The van der Waals surface area contributed by atoms with Crippen LogP contribution >= 0.6 is 0 Å². The minimum absolute atomic E-state index is 0.0747. The van der Waals surface area contributed by atoms with E-state index in [4.69, 9.17) is 14.7 Å². The predicted molar refractivity (Wildman–Crippen MR) is 113 cm³/mol. The molecule has 7 nitrogen and oxygen atoms in total. The Balaban J connectivity index is 1.50. The van der Waals surface area contributed by atoms with E-state index in [2.05, 4.69) is 21.4 Å². The van der Waals surface area contributed by atoms with Crippen molar-refractivity contribution in [3.63, 3.8) is 0 Å². The Morgan fingerprint density at radius 1 is 1.23 bits per heavy atom. The van der Waals surface area contributed by atoms with Crippen LogP contribution in [0, 0.1) is 11.3 Å². The molecule has 0 spiro atoms. The number of aromatic nitrogens is 2. The number of hydrogen-bond donors (Lipinski definition) is 1. The molecule has 0 unspecified atom stereocenters. The molecule has 1 aliphatic carbocycles. The zero-order valence-electron chi connectivity index (χ0n) is 17.7. The number of amides is 1. The summed E-state index contributed by atoms with van der Waals surface area (Å²) in [4.78, 5) is 21.0. The van der Waals surface area contributed by atoms with Crippen molar-refractivity contribution in [2.24, 2.45) is 0 Å². The molecule has 1 fully saturated rings. The van der Waals surface area contributed by atoms with E-state index in [1.54, 1.807) is 30.6 Å². The molecule has 7 heteroatoms. The molecule has 0 bridgehead atoms. The minimum Gasteiger partial charge on any atom is -0.492 e. The lowest BCUT2D eigenvalue weighted by Crippen LogP contribution is -2.40. The Morgan fingerprint density at radius 2 is 2.00 bits per heavy atom. The van der Waals surface area contributed by atoms with Gasteiger partial charge < -0.3 is 14.8 Å². The van der Waals surface area contributed by atoms with Gasteiger partial charge in [-0.2, -0.15) is 5.26 Å². The summed E-state index contributed by atoms with van der Waals surface area (Å²) in [6.07, 6.45) is 6.63. The van der Waals surface area contributed by atoms with Crippen molar-refractivity contribution in [3.8, 4) is 17.6 Å². The lowest BCUT2D eigenvalue weighted by molar-refractivity contribution is 0.0888. The quantitative estimate of drug-likeness (QED) is 0.744. The van der Waals surface area contributed by atoms with E-state index in [1.807, 2.05) is 20.8 Å². The number of hydrogen-bond acceptors (Lipinski definition) is 6. The summed E-state index contributed by atoms with van der Waals surface area (Å²) in [5, 5.41) is 12.2. The van der Waals surface area contributed by atoms with E-state index in [0.717, 1.165) is 31.4 Å². The van der Waals surface area contributed by atoms with Gasteiger partial charge in [0.2, 0.25) is 0 Å². The Hall–Kier alpha value is -3.14. The van der Waals surface area contributed by atoms with Crippen molar-refractivity contribution < 1.29 is 14.3 Å². The number of nitrogens with one attached hydrogen (secondary N) is 1. The van der Waals surface area contributed by atoms with Crippen molar-refractivity contribution in [2.45, 2.75) is 64.5 Å².